The standard InChI is InChI=1S/C20H20N2O5/c1-13-11-22(17-6-4-3-5-16(17)21(2)19(13)25)20(26)14-7-9-15(10-8-14)27-12-18(23)24/h3-10,13H,11-12H2,1-2H3,(H,23,24). The maximum absolute atomic E-state index is 13.1. The quantitative estimate of drug-likeness (QED) is 0.895. The second-order valence-corrected chi connectivity index (χ2v) is 6.41. The van der Waals surface area contributed by atoms with E-state index < -0.39 is 12.6 Å². The van der Waals surface area contributed by atoms with Gasteiger partial charge in [0.2, 0.25) is 5.91 Å². The number of rotatable bonds is 4. The largest absolute Gasteiger partial charge is 0.482 e. The average molecular weight is 368 g/mol. The first kappa shape index (κ1) is 18.4. The summed E-state index contributed by atoms with van der Waals surface area (Å²) in [5.74, 6) is -1.32. The molecule has 1 atom stereocenters. The van der Waals surface area contributed by atoms with E-state index in [0.717, 1.165) is 0 Å². The lowest BCUT2D eigenvalue weighted by Crippen LogP contribution is -2.37. The van der Waals surface area contributed by atoms with E-state index >= 15 is 0 Å². The first-order valence-electron chi connectivity index (χ1n) is 8.51. The second-order valence-electron chi connectivity index (χ2n) is 6.41. The van der Waals surface area contributed by atoms with Gasteiger partial charge in [-0.2, -0.15) is 0 Å². The van der Waals surface area contributed by atoms with Crippen molar-refractivity contribution in [2.45, 2.75) is 6.92 Å². The number of benzene rings is 2. The summed E-state index contributed by atoms with van der Waals surface area (Å²) in [5, 5.41) is 8.66. The number of hydrogen-bond donors (Lipinski definition) is 1. The van der Waals surface area contributed by atoms with Gasteiger partial charge < -0.3 is 19.6 Å². The van der Waals surface area contributed by atoms with Crippen LogP contribution in [0.4, 0.5) is 11.4 Å². The fourth-order valence-electron chi connectivity index (χ4n) is 3.06. The summed E-state index contributed by atoms with van der Waals surface area (Å²) in [6.07, 6.45) is 0. The molecule has 0 saturated heterocycles. The van der Waals surface area contributed by atoms with Gasteiger partial charge in [-0.3, -0.25) is 9.59 Å². The van der Waals surface area contributed by atoms with Crippen LogP contribution in [-0.2, 0) is 9.59 Å². The van der Waals surface area contributed by atoms with Crippen LogP contribution in [0.25, 0.3) is 0 Å². The summed E-state index contributed by atoms with van der Waals surface area (Å²) in [6, 6.07) is 13.6. The van der Waals surface area contributed by atoms with Crippen LogP contribution in [0.1, 0.15) is 17.3 Å². The van der Waals surface area contributed by atoms with Gasteiger partial charge in [-0.25, -0.2) is 4.79 Å². The Balaban J connectivity index is 1.90. The Morgan fingerprint density at radius 3 is 2.37 bits per heavy atom. The molecule has 140 valence electrons. The highest BCUT2D eigenvalue weighted by atomic mass is 16.5. The van der Waals surface area contributed by atoms with Crippen molar-refractivity contribution in [2.75, 3.05) is 30.0 Å². The molecule has 1 heterocycles. The molecule has 27 heavy (non-hydrogen) atoms. The number of aliphatic carboxylic acids is 1. The van der Waals surface area contributed by atoms with Crippen molar-refractivity contribution in [3.8, 4) is 5.75 Å². The molecule has 3 rings (SSSR count). The highest BCUT2D eigenvalue weighted by Crippen LogP contribution is 2.34. The van der Waals surface area contributed by atoms with Crippen molar-refractivity contribution in [3.05, 3.63) is 54.1 Å². The lowest BCUT2D eigenvalue weighted by molar-refractivity contribution is -0.139. The molecule has 0 bridgehead atoms. The van der Waals surface area contributed by atoms with E-state index in [-0.39, 0.29) is 24.3 Å². The monoisotopic (exact) mass is 368 g/mol. The molecule has 0 aliphatic carbocycles. The van der Waals surface area contributed by atoms with Crippen molar-refractivity contribution in [1.82, 2.24) is 0 Å². The first-order chi connectivity index (χ1) is 12.9. The molecule has 0 aromatic heterocycles. The van der Waals surface area contributed by atoms with E-state index in [4.69, 9.17) is 9.84 Å². The van der Waals surface area contributed by atoms with E-state index in [1.54, 1.807) is 48.0 Å². The Labute approximate surface area is 156 Å². The Bertz CT molecular complexity index is 878. The predicted molar refractivity (Wildman–Crippen MR) is 100 cm³/mol. The number of fused-ring (bicyclic) bond motifs is 1. The zero-order chi connectivity index (χ0) is 19.6. The smallest absolute Gasteiger partial charge is 0.341 e. The van der Waals surface area contributed by atoms with Crippen molar-refractivity contribution in [1.29, 1.82) is 0 Å². The maximum atomic E-state index is 13.1. The van der Waals surface area contributed by atoms with E-state index in [9.17, 15) is 14.4 Å². The molecule has 7 heteroatoms. The third kappa shape index (κ3) is 3.76. The van der Waals surface area contributed by atoms with E-state index in [1.807, 2.05) is 24.3 Å². The molecule has 1 aliphatic rings. The van der Waals surface area contributed by atoms with E-state index in [2.05, 4.69) is 0 Å². The SMILES string of the molecule is CC1CN(C(=O)c2ccc(OCC(=O)O)cc2)c2ccccc2N(C)C1=O. The van der Waals surface area contributed by atoms with Gasteiger partial charge in [0.05, 0.1) is 17.3 Å². The van der Waals surface area contributed by atoms with Gasteiger partial charge in [-0.05, 0) is 36.4 Å². The number of carboxylic acids is 1. The minimum absolute atomic E-state index is 0.0461. The van der Waals surface area contributed by atoms with Gasteiger partial charge in [0.25, 0.3) is 5.91 Å². The minimum atomic E-state index is -1.07. The van der Waals surface area contributed by atoms with Crippen LogP contribution < -0.4 is 14.5 Å². The van der Waals surface area contributed by atoms with Crippen molar-refractivity contribution in [3.63, 3.8) is 0 Å². The molecule has 0 radical (unpaired) electrons. The normalized spacial score (nSPS) is 16.5. The number of carbonyl (C=O) groups is 3. The van der Waals surface area contributed by atoms with Gasteiger partial charge in [0, 0.05) is 19.2 Å². The van der Waals surface area contributed by atoms with Crippen molar-refractivity contribution < 1.29 is 24.2 Å². The Morgan fingerprint density at radius 2 is 1.74 bits per heavy atom. The summed E-state index contributed by atoms with van der Waals surface area (Å²) in [5.41, 5.74) is 1.78. The first-order valence-corrected chi connectivity index (χ1v) is 8.51. The number of nitrogens with zero attached hydrogens (tertiary/aromatic N) is 2. The lowest BCUT2D eigenvalue weighted by atomic mass is 10.1. The van der Waals surface area contributed by atoms with Crippen LogP contribution in [0.3, 0.4) is 0 Å². The summed E-state index contributed by atoms with van der Waals surface area (Å²) in [6.45, 7) is 1.63. The molecular formula is C20H20N2O5. The fourth-order valence-corrected chi connectivity index (χ4v) is 3.06. The third-order valence-electron chi connectivity index (χ3n) is 4.45. The molecule has 2 aromatic rings. The predicted octanol–water partition coefficient (Wildman–Crippen LogP) is 2.41. The third-order valence-corrected chi connectivity index (χ3v) is 4.45. The molecular weight excluding hydrogens is 348 g/mol. The van der Waals surface area contributed by atoms with Crippen LogP contribution in [0, 0.1) is 5.92 Å². The molecule has 1 N–H and O–H groups in total. The number of para-hydroxylation sites is 2. The number of carboxylic acid groups (broad SMARTS) is 1. The number of ether oxygens (including phenoxy) is 1. The zero-order valence-corrected chi connectivity index (χ0v) is 15.1. The lowest BCUT2D eigenvalue weighted by Gasteiger charge is -2.24. The number of carbonyl (C=O) groups excluding carboxylic acids is 2. The molecule has 0 fully saturated rings. The van der Waals surface area contributed by atoms with E-state index in [0.29, 0.717) is 22.7 Å². The van der Waals surface area contributed by atoms with Gasteiger partial charge >= 0.3 is 5.97 Å². The van der Waals surface area contributed by atoms with Gasteiger partial charge in [0.15, 0.2) is 6.61 Å². The van der Waals surface area contributed by atoms with Crippen molar-refractivity contribution >= 4 is 29.2 Å². The van der Waals surface area contributed by atoms with Crippen molar-refractivity contribution in [2.24, 2.45) is 5.92 Å². The Hall–Kier alpha value is -3.35. The maximum Gasteiger partial charge on any atom is 0.341 e. The molecule has 1 unspecified atom stereocenters. The van der Waals surface area contributed by atoms with Crippen LogP contribution in [0.2, 0.25) is 0 Å². The molecule has 2 aromatic carbocycles. The summed E-state index contributed by atoms with van der Waals surface area (Å²) >= 11 is 0. The highest BCUT2D eigenvalue weighted by molar-refractivity contribution is 6.11. The average Bonchev–Trinajstić information content (AvgIpc) is 2.77. The van der Waals surface area contributed by atoms with Gasteiger partial charge in [0.1, 0.15) is 5.75 Å². The Kier molecular flexibility index (Phi) is 5.12. The number of anilines is 2. The van der Waals surface area contributed by atoms with Crippen LogP contribution in [0.15, 0.2) is 48.5 Å². The Morgan fingerprint density at radius 1 is 1.11 bits per heavy atom. The summed E-state index contributed by atoms with van der Waals surface area (Å²) in [7, 11) is 1.71. The minimum Gasteiger partial charge on any atom is -0.482 e. The zero-order valence-electron chi connectivity index (χ0n) is 15.1. The van der Waals surface area contributed by atoms with Crippen LogP contribution >= 0.6 is 0 Å². The summed E-state index contributed by atoms with van der Waals surface area (Å²) < 4.78 is 5.09. The molecule has 1 aliphatic heterocycles. The fraction of sp³-hybridized carbons (Fsp3) is 0.250. The van der Waals surface area contributed by atoms with Gasteiger partial charge in [-0.15, -0.1) is 0 Å². The molecule has 0 saturated carbocycles. The molecule has 2 amide bonds. The molecule has 7 nitrogen and oxygen atoms in total. The van der Waals surface area contributed by atoms with E-state index in [1.165, 1.54) is 0 Å². The second kappa shape index (κ2) is 7.49. The highest BCUT2D eigenvalue weighted by Gasteiger charge is 2.32. The number of hydrogen-bond acceptors (Lipinski definition) is 4. The topological polar surface area (TPSA) is 87.2 Å². The molecule has 0 spiro atoms. The van der Waals surface area contributed by atoms with Crippen LogP contribution in [-0.4, -0.2) is 43.1 Å². The van der Waals surface area contributed by atoms with Gasteiger partial charge in [-0.1, -0.05) is 19.1 Å². The summed E-state index contributed by atoms with van der Waals surface area (Å²) in [4.78, 5) is 39.4. The number of amides is 2. The van der Waals surface area contributed by atoms with Crippen LogP contribution in [0.5, 0.6) is 5.75 Å².